The van der Waals surface area contributed by atoms with Gasteiger partial charge < -0.3 is 10.6 Å². The van der Waals surface area contributed by atoms with E-state index in [9.17, 15) is 4.79 Å². The van der Waals surface area contributed by atoms with E-state index >= 15 is 0 Å². The predicted octanol–water partition coefficient (Wildman–Crippen LogP) is 2.73. The van der Waals surface area contributed by atoms with Gasteiger partial charge in [-0.15, -0.1) is 0 Å². The molecule has 0 aliphatic heterocycles. The van der Waals surface area contributed by atoms with Crippen LogP contribution in [0.1, 0.15) is 16.2 Å². The van der Waals surface area contributed by atoms with Crippen molar-refractivity contribution in [2.24, 2.45) is 0 Å². The first kappa shape index (κ1) is 13.3. The minimum atomic E-state index is -0.324. The summed E-state index contributed by atoms with van der Waals surface area (Å²) < 4.78 is 0. The third-order valence-corrected chi connectivity index (χ3v) is 2.76. The van der Waals surface area contributed by atoms with Gasteiger partial charge in [-0.25, -0.2) is 9.97 Å². The van der Waals surface area contributed by atoms with Gasteiger partial charge in [0.1, 0.15) is 5.69 Å². The number of rotatable bonds is 3. The molecule has 19 heavy (non-hydrogen) atoms. The summed E-state index contributed by atoms with van der Waals surface area (Å²) in [4.78, 5) is 20.3. The topological polar surface area (TPSA) is 66.9 Å². The fourth-order valence-electron chi connectivity index (χ4n) is 1.55. The van der Waals surface area contributed by atoms with E-state index in [1.165, 1.54) is 0 Å². The van der Waals surface area contributed by atoms with Gasteiger partial charge >= 0.3 is 0 Å². The molecule has 0 spiro atoms. The van der Waals surface area contributed by atoms with Crippen molar-refractivity contribution in [1.29, 1.82) is 0 Å². The van der Waals surface area contributed by atoms with Crippen LogP contribution in [0.4, 0.5) is 11.6 Å². The number of carbonyl (C=O) groups excluding carboxylic acids is 1. The monoisotopic (exact) mass is 276 g/mol. The van der Waals surface area contributed by atoms with Crippen molar-refractivity contribution in [3.05, 3.63) is 46.7 Å². The van der Waals surface area contributed by atoms with Crippen LogP contribution in [0.25, 0.3) is 0 Å². The average Bonchev–Trinajstić information content (AvgIpc) is 2.40. The standard InChI is InChI=1S/C13H13ClN4O/c1-8-7-11(18-13(15-2)16-8)12(19)17-10-6-4-3-5-9(10)14/h3-7H,1-2H3,(H,17,19)(H,15,16,18). The van der Waals surface area contributed by atoms with E-state index in [0.29, 0.717) is 22.4 Å². The van der Waals surface area contributed by atoms with E-state index < -0.39 is 0 Å². The summed E-state index contributed by atoms with van der Waals surface area (Å²) in [6.45, 7) is 1.80. The fraction of sp³-hybridized carbons (Fsp3) is 0.154. The van der Waals surface area contributed by atoms with Crippen LogP contribution in [0.2, 0.25) is 5.02 Å². The van der Waals surface area contributed by atoms with Crippen LogP contribution in [-0.2, 0) is 0 Å². The van der Waals surface area contributed by atoms with Crippen molar-refractivity contribution in [1.82, 2.24) is 9.97 Å². The number of carbonyl (C=O) groups is 1. The van der Waals surface area contributed by atoms with Crippen LogP contribution >= 0.6 is 11.6 Å². The molecule has 5 nitrogen and oxygen atoms in total. The quantitative estimate of drug-likeness (QED) is 0.905. The van der Waals surface area contributed by atoms with Gasteiger partial charge in [0.25, 0.3) is 5.91 Å². The lowest BCUT2D eigenvalue weighted by molar-refractivity contribution is 0.102. The number of aryl methyl sites for hydroxylation is 1. The van der Waals surface area contributed by atoms with Crippen molar-refractivity contribution in [3.63, 3.8) is 0 Å². The molecule has 1 aromatic carbocycles. The summed E-state index contributed by atoms with van der Waals surface area (Å²) in [6, 6.07) is 8.65. The first-order valence-corrected chi connectivity index (χ1v) is 6.07. The Kier molecular flexibility index (Phi) is 3.97. The number of para-hydroxylation sites is 1. The number of nitrogens with zero attached hydrogens (tertiary/aromatic N) is 2. The Morgan fingerprint density at radius 2 is 2.00 bits per heavy atom. The Morgan fingerprint density at radius 1 is 1.26 bits per heavy atom. The van der Waals surface area contributed by atoms with E-state index in [0.717, 1.165) is 0 Å². The lowest BCUT2D eigenvalue weighted by Gasteiger charge is -2.08. The van der Waals surface area contributed by atoms with Crippen molar-refractivity contribution in [2.75, 3.05) is 17.7 Å². The first-order valence-electron chi connectivity index (χ1n) is 5.69. The Balaban J connectivity index is 2.25. The summed E-state index contributed by atoms with van der Waals surface area (Å²) in [5.74, 6) is 0.0828. The zero-order chi connectivity index (χ0) is 13.8. The second kappa shape index (κ2) is 5.67. The molecule has 0 saturated carbocycles. The molecule has 2 rings (SSSR count). The highest BCUT2D eigenvalue weighted by Gasteiger charge is 2.11. The first-order chi connectivity index (χ1) is 9.10. The van der Waals surface area contributed by atoms with Crippen molar-refractivity contribution in [3.8, 4) is 0 Å². The van der Waals surface area contributed by atoms with Gasteiger partial charge in [-0.2, -0.15) is 0 Å². The van der Waals surface area contributed by atoms with Crippen LogP contribution < -0.4 is 10.6 Å². The Bertz CT molecular complexity index is 615. The molecule has 0 fully saturated rings. The van der Waals surface area contributed by atoms with E-state index in [2.05, 4.69) is 20.6 Å². The van der Waals surface area contributed by atoms with Crippen molar-refractivity contribution in [2.45, 2.75) is 6.92 Å². The molecular weight excluding hydrogens is 264 g/mol. The van der Waals surface area contributed by atoms with Crippen LogP contribution in [0.5, 0.6) is 0 Å². The third kappa shape index (κ3) is 3.20. The van der Waals surface area contributed by atoms with E-state index in [1.807, 2.05) is 0 Å². The van der Waals surface area contributed by atoms with Gasteiger partial charge in [-0.3, -0.25) is 4.79 Å². The highest BCUT2D eigenvalue weighted by atomic mass is 35.5. The van der Waals surface area contributed by atoms with Gasteiger partial charge in [0.05, 0.1) is 10.7 Å². The van der Waals surface area contributed by atoms with Gasteiger partial charge in [-0.05, 0) is 25.1 Å². The molecule has 2 aromatic rings. The van der Waals surface area contributed by atoms with Crippen LogP contribution in [0.3, 0.4) is 0 Å². The molecule has 1 amide bonds. The second-order valence-electron chi connectivity index (χ2n) is 3.90. The Labute approximate surface area is 116 Å². The summed E-state index contributed by atoms with van der Waals surface area (Å²) >= 11 is 5.99. The number of amides is 1. The second-order valence-corrected chi connectivity index (χ2v) is 4.31. The Hall–Kier alpha value is -2.14. The molecule has 0 atom stereocenters. The van der Waals surface area contributed by atoms with Crippen molar-refractivity contribution >= 4 is 29.1 Å². The van der Waals surface area contributed by atoms with Crippen molar-refractivity contribution < 1.29 is 4.79 Å². The molecule has 1 heterocycles. The zero-order valence-corrected chi connectivity index (χ0v) is 11.3. The molecule has 98 valence electrons. The van der Waals surface area contributed by atoms with E-state index in [1.54, 1.807) is 44.3 Å². The third-order valence-electron chi connectivity index (χ3n) is 2.43. The molecule has 0 aliphatic carbocycles. The van der Waals surface area contributed by atoms with Gasteiger partial charge in [0.2, 0.25) is 5.95 Å². The highest BCUT2D eigenvalue weighted by Crippen LogP contribution is 2.21. The molecule has 0 saturated heterocycles. The summed E-state index contributed by atoms with van der Waals surface area (Å²) in [5.41, 5.74) is 1.55. The van der Waals surface area contributed by atoms with E-state index in [4.69, 9.17) is 11.6 Å². The molecule has 1 aromatic heterocycles. The maximum Gasteiger partial charge on any atom is 0.274 e. The molecule has 6 heteroatoms. The van der Waals surface area contributed by atoms with Crippen LogP contribution in [0, 0.1) is 6.92 Å². The Morgan fingerprint density at radius 3 is 2.68 bits per heavy atom. The number of benzene rings is 1. The summed E-state index contributed by atoms with van der Waals surface area (Å²) in [7, 11) is 1.70. The number of aromatic nitrogens is 2. The molecule has 0 radical (unpaired) electrons. The van der Waals surface area contributed by atoms with Gasteiger partial charge in [0.15, 0.2) is 0 Å². The number of anilines is 2. The molecule has 0 unspecified atom stereocenters. The number of halogens is 1. The molecule has 0 bridgehead atoms. The minimum Gasteiger partial charge on any atom is -0.357 e. The lowest BCUT2D eigenvalue weighted by atomic mass is 10.3. The van der Waals surface area contributed by atoms with Gasteiger partial charge in [0, 0.05) is 12.7 Å². The van der Waals surface area contributed by atoms with Crippen LogP contribution in [0.15, 0.2) is 30.3 Å². The molecule has 2 N–H and O–H groups in total. The minimum absolute atomic E-state index is 0.289. The fourth-order valence-corrected chi connectivity index (χ4v) is 1.73. The number of hydrogen-bond donors (Lipinski definition) is 2. The largest absolute Gasteiger partial charge is 0.357 e. The van der Waals surface area contributed by atoms with E-state index in [-0.39, 0.29) is 11.6 Å². The van der Waals surface area contributed by atoms with Gasteiger partial charge in [-0.1, -0.05) is 23.7 Å². The summed E-state index contributed by atoms with van der Waals surface area (Å²) in [6.07, 6.45) is 0. The molecular formula is C13H13ClN4O. The smallest absolute Gasteiger partial charge is 0.274 e. The maximum atomic E-state index is 12.1. The maximum absolute atomic E-state index is 12.1. The highest BCUT2D eigenvalue weighted by molar-refractivity contribution is 6.33. The zero-order valence-electron chi connectivity index (χ0n) is 10.6. The summed E-state index contributed by atoms with van der Waals surface area (Å²) in [5, 5.41) is 6.01. The predicted molar refractivity (Wildman–Crippen MR) is 75.7 cm³/mol. The normalized spacial score (nSPS) is 10.1. The SMILES string of the molecule is CNc1nc(C)cc(C(=O)Nc2ccccc2Cl)n1. The lowest BCUT2D eigenvalue weighted by Crippen LogP contribution is -2.15. The molecule has 0 aliphatic rings. The number of hydrogen-bond acceptors (Lipinski definition) is 4. The van der Waals surface area contributed by atoms with Crippen LogP contribution in [-0.4, -0.2) is 22.9 Å². The number of nitrogens with one attached hydrogen (secondary N) is 2. The average molecular weight is 277 g/mol.